The van der Waals surface area contributed by atoms with Crippen LogP contribution in [0.4, 0.5) is 0 Å². The molecule has 2 bridgehead atoms. The highest BCUT2D eigenvalue weighted by atomic mass is 14.9. The largest absolute Gasteiger partial charge is 0.327 e. The molecule has 0 aromatic carbocycles. The van der Waals surface area contributed by atoms with Crippen molar-refractivity contribution in [1.82, 2.24) is 5.32 Å². The van der Waals surface area contributed by atoms with Crippen molar-refractivity contribution in [3.05, 3.63) is 0 Å². The van der Waals surface area contributed by atoms with E-state index in [0.29, 0.717) is 11.5 Å². The lowest BCUT2D eigenvalue weighted by molar-refractivity contribution is 0.273. The van der Waals surface area contributed by atoms with Crippen LogP contribution in [0.3, 0.4) is 0 Å². The van der Waals surface area contributed by atoms with Gasteiger partial charge in [-0.25, -0.2) is 0 Å². The van der Waals surface area contributed by atoms with Crippen LogP contribution >= 0.6 is 0 Å². The monoisotopic (exact) mass is 208 g/mol. The second-order valence-electron chi connectivity index (χ2n) is 6.52. The molecule has 3 aliphatic carbocycles. The van der Waals surface area contributed by atoms with Crippen molar-refractivity contribution in [1.29, 1.82) is 0 Å². The van der Waals surface area contributed by atoms with Crippen LogP contribution in [-0.4, -0.2) is 19.1 Å². The zero-order valence-corrected chi connectivity index (χ0v) is 9.84. The van der Waals surface area contributed by atoms with E-state index in [9.17, 15) is 0 Å². The van der Waals surface area contributed by atoms with Gasteiger partial charge in [0.05, 0.1) is 0 Å². The number of nitrogens with one attached hydrogen (secondary N) is 1. The molecule has 3 rings (SSSR count). The summed E-state index contributed by atoms with van der Waals surface area (Å²) in [6, 6.07) is 0.503. The molecule has 0 aromatic rings. The van der Waals surface area contributed by atoms with Gasteiger partial charge in [0.15, 0.2) is 0 Å². The molecule has 4 atom stereocenters. The topological polar surface area (TPSA) is 38.0 Å². The molecule has 0 heterocycles. The Balaban J connectivity index is 1.47. The third-order valence-corrected chi connectivity index (χ3v) is 5.19. The summed E-state index contributed by atoms with van der Waals surface area (Å²) in [5, 5.41) is 3.67. The Labute approximate surface area is 93.0 Å². The molecule has 0 saturated heterocycles. The Morgan fingerprint density at radius 1 is 1.27 bits per heavy atom. The van der Waals surface area contributed by atoms with Crippen LogP contribution in [0, 0.1) is 23.2 Å². The average molecular weight is 208 g/mol. The van der Waals surface area contributed by atoms with Gasteiger partial charge in [-0.2, -0.15) is 0 Å². The van der Waals surface area contributed by atoms with Gasteiger partial charge in [-0.3, -0.25) is 0 Å². The molecule has 0 aliphatic heterocycles. The fraction of sp³-hybridized carbons (Fsp3) is 1.00. The third kappa shape index (κ3) is 1.83. The van der Waals surface area contributed by atoms with Crippen LogP contribution in [0.5, 0.6) is 0 Å². The standard InChI is InChI=1S/C13H24N2/c1-13(4-5-13)8-15-7-11-9-2-3-10(6-9)12(11)14/h9-12,15H,2-8,14H2,1H3. The zero-order chi connectivity index (χ0) is 10.5. The molecular formula is C13H24N2. The maximum atomic E-state index is 6.29. The van der Waals surface area contributed by atoms with E-state index >= 15 is 0 Å². The predicted octanol–water partition coefficient (Wildman–Crippen LogP) is 1.75. The molecule has 15 heavy (non-hydrogen) atoms. The fourth-order valence-corrected chi connectivity index (χ4v) is 3.69. The van der Waals surface area contributed by atoms with Gasteiger partial charge < -0.3 is 11.1 Å². The van der Waals surface area contributed by atoms with Crippen molar-refractivity contribution < 1.29 is 0 Å². The van der Waals surface area contributed by atoms with Crippen LogP contribution in [-0.2, 0) is 0 Å². The highest BCUT2D eigenvalue weighted by Gasteiger charge is 2.45. The Morgan fingerprint density at radius 3 is 2.60 bits per heavy atom. The first-order valence-corrected chi connectivity index (χ1v) is 6.64. The molecule has 0 aromatic heterocycles. The number of hydrogen-bond donors (Lipinski definition) is 2. The first-order chi connectivity index (χ1) is 7.18. The molecule has 4 unspecified atom stereocenters. The summed E-state index contributed by atoms with van der Waals surface area (Å²) in [6.07, 6.45) is 7.11. The van der Waals surface area contributed by atoms with Crippen LogP contribution in [0.1, 0.15) is 39.0 Å². The predicted molar refractivity (Wildman–Crippen MR) is 62.5 cm³/mol. The second-order valence-corrected chi connectivity index (χ2v) is 6.52. The number of rotatable bonds is 4. The minimum Gasteiger partial charge on any atom is -0.327 e. The Bertz CT molecular complexity index is 245. The maximum absolute atomic E-state index is 6.29. The quantitative estimate of drug-likeness (QED) is 0.738. The van der Waals surface area contributed by atoms with Gasteiger partial charge in [0, 0.05) is 12.6 Å². The van der Waals surface area contributed by atoms with E-state index in [1.807, 2.05) is 0 Å². The summed E-state index contributed by atoms with van der Waals surface area (Å²) in [4.78, 5) is 0. The van der Waals surface area contributed by atoms with Crippen LogP contribution in [0.25, 0.3) is 0 Å². The number of hydrogen-bond acceptors (Lipinski definition) is 2. The number of nitrogens with two attached hydrogens (primary N) is 1. The van der Waals surface area contributed by atoms with E-state index in [2.05, 4.69) is 12.2 Å². The molecule has 86 valence electrons. The summed E-state index contributed by atoms with van der Waals surface area (Å²) in [7, 11) is 0. The molecule has 3 aliphatic rings. The van der Waals surface area contributed by atoms with Crippen molar-refractivity contribution in [3.8, 4) is 0 Å². The molecule has 0 amide bonds. The second kappa shape index (κ2) is 3.46. The first-order valence-electron chi connectivity index (χ1n) is 6.64. The average Bonchev–Trinajstić information content (AvgIpc) is 2.69. The van der Waals surface area contributed by atoms with E-state index in [1.165, 1.54) is 45.2 Å². The van der Waals surface area contributed by atoms with Gasteiger partial charge in [-0.1, -0.05) is 6.92 Å². The van der Waals surface area contributed by atoms with Crippen LogP contribution in [0.2, 0.25) is 0 Å². The summed E-state index contributed by atoms with van der Waals surface area (Å²) in [5.41, 5.74) is 6.93. The van der Waals surface area contributed by atoms with Crippen molar-refractivity contribution in [2.45, 2.75) is 45.1 Å². The summed E-state index contributed by atoms with van der Waals surface area (Å²) in [6.45, 7) is 4.78. The van der Waals surface area contributed by atoms with E-state index in [-0.39, 0.29) is 0 Å². The maximum Gasteiger partial charge on any atom is 0.0110 e. The Morgan fingerprint density at radius 2 is 2.00 bits per heavy atom. The van der Waals surface area contributed by atoms with E-state index in [0.717, 1.165) is 17.8 Å². The summed E-state index contributed by atoms with van der Waals surface area (Å²) >= 11 is 0. The smallest absolute Gasteiger partial charge is 0.0110 e. The Hall–Kier alpha value is -0.0800. The van der Waals surface area contributed by atoms with Gasteiger partial charge in [-0.05, 0) is 61.8 Å². The zero-order valence-electron chi connectivity index (χ0n) is 9.84. The molecule has 0 spiro atoms. The molecule has 2 heteroatoms. The normalized spacial score (nSPS) is 46.0. The number of fused-ring (bicyclic) bond motifs is 2. The van der Waals surface area contributed by atoms with Gasteiger partial charge in [0.2, 0.25) is 0 Å². The molecule has 2 nitrogen and oxygen atoms in total. The van der Waals surface area contributed by atoms with Gasteiger partial charge in [-0.15, -0.1) is 0 Å². The van der Waals surface area contributed by atoms with Gasteiger partial charge >= 0.3 is 0 Å². The molecule has 0 radical (unpaired) electrons. The molecule has 3 saturated carbocycles. The van der Waals surface area contributed by atoms with Crippen molar-refractivity contribution in [2.24, 2.45) is 28.9 Å². The Kier molecular flexibility index (Phi) is 2.33. The van der Waals surface area contributed by atoms with Gasteiger partial charge in [0.1, 0.15) is 0 Å². The minimum atomic E-state index is 0.503. The van der Waals surface area contributed by atoms with E-state index in [1.54, 1.807) is 0 Å². The van der Waals surface area contributed by atoms with Crippen molar-refractivity contribution in [3.63, 3.8) is 0 Å². The SMILES string of the molecule is CC1(CNCC2C3CCC(C3)C2N)CC1. The lowest BCUT2D eigenvalue weighted by atomic mass is 9.85. The fourth-order valence-electron chi connectivity index (χ4n) is 3.69. The van der Waals surface area contributed by atoms with Crippen molar-refractivity contribution >= 4 is 0 Å². The lowest BCUT2D eigenvalue weighted by Crippen LogP contribution is -2.42. The molecule has 3 N–H and O–H groups in total. The first kappa shape index (κ1) is 10.1. The molecular weight excluding hydrogens is 184 g/mol. The minimum absolute atomic E-state index is 0.503. The highest BCUT2D eigenvalue weighted by molar-refractivity contribution is 5.00. The van der Waals surface area contributed by atoms with Crippen LogP contribution < -0.4 is 11.1 Å². The van der Waals surface area contributed by atoms with Gasteiger partial charge in [0.25, 0.3) is 0 Å². The third-order valence-electron chi connectivity index (χ3n) is 5.19. The van der Waals surface area contributed by atoms with Crippen LogP contribution in [0.15, 0.2) is 0 Å². The van der Waals surface area contributed by atoms with E-state index in [4.69, 9.17) is 5.73 Å². The summed E-state index contributed by atoms with van der Waals surface area (Å²) < 4.78 is 0. The molecule has 3 fully saturated rings. The highest BCUT2D eigenvalue weighted by Crippen LogP contribution is 2.48. The lowest BCUT2D eigenvalue weighted by Gasteiger charge is -2.28. The summed E-state index contributed by atoms with van der Waals surface area (Å²) in [5.74, 6) is 2.59. The van der Waals surface area contributed by atoms with E-state index < -0.39 is 0 Å². The van der Waals surface area contributed by atoms with Crippen molar-refractivity contribution in [2.75, 3.05) is 13.1 Å².